The lowest BCUT2D eigenvalue weighted by Gasteiger charge is -2.32. The molecule has 1 fully saturated rings. The van der Waals surface area contributed by atoms with Crippen LogP contribution in [-0.2, 0) is 0 Å². The molecule has 0 saturated carbocycles. The van der Waals surface area contributed by atoms with Gasteiger partial charge in [-0.05, 0) is 74.4 Å². The van der Waals surface area contributed by atoms with E-state index in [-0.39, 0.29) is 6.04 Å². The highest BCUT2D eigenvalue weighted by atomic mass is 32.2. The molecule has 1 aliphatic rings. The molecule has 0 bridgehead atoms. The molecule has 4 heteroatoms. The third kappa shape index (κ3) is 3.34. The Morgan fingerprint density at radius 2 is 1.91 bits per heavy atom. The van der Waals surface area contributed by atoms with Gasteiger partial charge in [-0.25, -0.2) is 0 Å². The summed E-state index contributed by atoms with van der Waals surface area (Å²) in [7, 11) is 0. The van der Waals surface area contributed by atoms with Crippen molar-refractivity contribution in [1.29, 1.82) is 0 Å². The monoisotopic (exact) mass is 319 g/mol. The van der Waals surface area contributed by atoms with Gasteiger partial charge in [0.2, 0.25) is 0 Å². The zero-order chi connectivity index (χ0) is 15.7. The minimum atomic E-state index is -0.557. The number of hydrogen-bond acceptors (Lipinski definition) is 4. The van der Waals surface area contributed by atoms with Crippen LogP contribution in [0.2, 0.25) is 0 Å². The first kappa shape index (κ1) is 15.9. The van der Waals surface area contributed by atoms with Crippen molar-refractivity contribution in [2.45, 2.75) is 45.3 Å². The first-order valence-corrected chi connectivity index (χ1v) is 9.16. The van der Waals surface area contributed by atoms with Crippen LogP contribution in [0.5, 0.6) is 0 Å². The lowest BCUT2D eigenvalue weighted by molar-refractivity contribution is 0.0295. The maximum absolute atomic E-state index is 10.6. The van der Waals surface area contributed by atoms with Gasteiger partial charge in [0, 0.05) is 11.9 Å². The fourth-order valence-electron chi connectivity index (χ4n) is 2.91. The summed E-state index contributed by atoms with van der Waals surface area (Å²) >= 11 is 1.93. The van der Waals surface area contributed by atoms with Crippen molar-refractivity contribution in [3.05, 3.63) is 35.1 Å². The molecule has 1 aliphatic heterocycles. The Hall–Kier alpha value is -0.970. The molecule has 120 valence electrons. The minimum Gasteiger partial charge on any atom is -0.459 e. The average molecular weight is 319 g/mol. The number of benzene rings is 1. The smallest absolute Gasteiger partial charge is 0.134 e. The van der Waals surface area contributed by atoms with Crippen LogP contribution in [-0.4, -0.2) is 28.8 Å². The average Bonchev–Trinajstić information content (AvgIpc) is 2.89. The van der Waals surface area contributed by atoms with Gasteiger partial charge in [0.15, 0.2) is 0 Å². The largest absolute Gasteiger partial charge is 0.459 e. The second-order valence-electron chi connectivity index (χ2n) is 6.56. The van der Waals surface area contributed by atoms with E-state index in [1.807, 2.05) is 11.8 Å². The second-order valence-corrected chi connectivity index (χ2v) is 7.79. The molecule has 2 aromatic rings. The van der Waals surface area contributed by atoms with Crippen LogP contribution in [0.1, 0.15) is 42.7 Å². The van der Waals surface area contributed by atoms with Crippen LogP contribution < -0.4 is 5.32 Å². The van der Waals surface area contributed by atoms with Crippen molar-refractivity contribution >= 4 is 22.7 Å². The van der Waals surface area contributed by atoms with Crippen LogP contribution in [0, 0.1) is 13.8 Å². The third-order valence-electron chi connectivity index (χ3n) is 4.74. The van der Waals surface area contributed by atoms with Crippen LogP contribution in [0.15, 0.2) is 22.6 Å². The molecule has 22 heavy (non-hydrogen) atoms. The zero-order valence-electron chi connectivity index (χ0n) is 13.6. The minimum absolute atomic E-state index is 0.103. The number of fused-ring (bicyclic) bond motifs is 1. The Labute approximate surface area is 136 Å². The van der Waals surface area contributed by atoms with Gasteiger partial charge in [0.1, 0.15) is 11.3 Å². The Morgan fingerprint density at radius 3 is 2.64 bits per heavy atom. The van der Waals surface area contributed by atoms with Gasteiger partial charge in [0.25, 0.3) is 0 Å². The summed E-state index contributed by atoms with van der Waals surface area (Å²) in [5.41, 5.74) is 2.93. The molecule has 0 spiro atoms. The van der Waals surface area contributed by atoms with Gasteiger partial charge in [-0.2, -0.15) is 11.8 Å². The van der Waals surface area contributed by atoms with Crippen LogP contribution in [0.4, 0.5) is 0 Å². The maximum atomic E-state index is 10.6. The van der Waals surface area contributed by atoms with Crippen molar-refractivity contribution in [3.63, 3.8) is 0 Å². The van der Waals surface area contributed by atoms with Gasteiger partial charge in [-0.1, -0.05) is 0 Å². The Morgan fingerprint density at radius 1 is 1.23 bits per heavy atom. The van der Waals surface area contributed by atoms with Crippen molar-refractivity contribution in [3.8, 4) is 0 Å². The van der Waals surface area contributed by atoms with E-state index in [2.05, 4.69) is 44.3 Å². The molecule has 0 radical (unpaired) electrons. The lowest BCUT2D eigenvalue weighted by atomic mass is 9.96. The third-order valence-corrected chi connectivity index (χ3v) is 5.72. The Kier molecular flexibility index (Phi) is 4.53. The van der Waals surface area contributed by atoms with Gasteiger partial charge in [0.05, 0.1) is 11.6 Å². The fraction of sp³-hybridized carbons (Fsp3) is 0.556. The SMILES string of the molecule is Cc1cc2cc(C(C)NCC3(O)CCSCC3)oc2cc1C. The van der Waals surface area contributed by atoms with Crippen molar-refractivity contribution < 1.29 is 9.52 Å². The van der Waals surface area contributed by atoms with Gasteiger partial charge in [-0.3, -0.25) is 0 Å². The van der Waals surface area contributed by atoms with E-state index in [1.165, 1.54) is 11.1 Å². The van der Waals surface area contributed by atoms with Gasteiger partial charge < -0.3 is 14.8 Å². The number of aryl methyl sites for hydroxylation is 2. The molecule has 3 nitrogen and oxygen atoms in total. The van der Waals surface area contributed by atoms with Crippen molar-refractivity contribution in [1.82, 2.24) is 5.32 Å². The highest BCUT2D eigenvalue weighted by Gasteiger charge is 2.29. The number of rotatable bonds is 4. The summed E-state index contributed by atoms with van der Waals surface area (Å²) in [6.07, 6.45) is 1.74. The van der Waals surface area contributed by atoms with E-state index >= 15 is 0 Å². The predicted molar refractivity (Wildman–Crippen MR) is 93.6 cm³/mol. The first-order valence-electron chi connectivity index (χ1n) is 8.01. The highest BCUT2D eigenvalue weighted by Crippen LogP contribution is 2.29. The topological polar surface area (TPSA) is 45.4 Å². The molecular weight excluding hydrogens is 294 g/mol. The molecule has 1 atom stereocenters. The van der Waals surface area contributed by atoms with E-state index in [9.17, 15) is 5.11 Å². The Bertz CT molecular complexity index is 619. The summed E-state index contributed by atoms with van der Waals surface area (Å²) in [6, 6.07) is 6.50. The second kappa shape index (κ2) is 6.26. The number of thioether (sulfide) groups is 1. The summed E-state index contributed by atoms with van der Waals surface area (Å²) in [4.78, 5) is 0. The summed E-state index contributed by atoms with van der Waals surface area (Å²) < 4.78 is 5.99. The molecule has 0 amide bonds. The van der Waals surface area contributed by atoms with E-state index in [0.717, 1.165) is 41.1 Å². The number of furan rings is 1. The summed E-state index contributed by atoms with van der Waals surface area (Å²) in [5, 5.41) is 15.2. The summed E-state index contributed by atoms with van der Waals surface area (Å²) in [6.45, 7) is 6.96. The first-order chi connectivity index (χ1) is 10.5. The molecule has 1 aromatic heterocycles. The fourth-order valence-corrected chi connectivity index (χ4v) is 4.16. The molecule has 2 N–H and O–H groups in total. The molecule has 0 aliphatic carbocycles. The number of aliphatic hydroxyl groups is 1. The van der Waals surface area contributed by atoms with Gasteiger partial charge >= 0.3 is 0 Å². The molecule has 1 saturated heterocycles. The van der Waals surface area contributed by atoms with Gasteiger partial charge in [-0.15, -0.1) is 0 Å². The molecule has 2 heterocycles. The molecule has 3 rings (SSSR count). The zero-order valence-corrected chi connectivity index (χ0v) is 14.4. The Balaban J connectivity index is 1.70. The van der Waals surface area contributed by atoms with Crippen molar-refractivity contribution in [2.24, 2.45) is 0 Å². The molecular formula is C18H25NO2S. The van der Waals surface area contributed by atoms with E-state index in [4.69, 9.17) is 4.42 Å². The molecule has 1 unspecified atom stereocenters. The summed E-state index contributed by atoms with van der Waals surface area (Å²) in [5.74, 6) is 3.04. The van der Waals surface area contributed by atoms with Crippen LogP contribution in [0.3, 0.4) is 0 Å². The van der Waals surface area contributed by atoms with E-state index in [1.54, 1.807) is 0 Å². The van der Waals surface area contributed by atoms with Crippen molar-refractivity contribution in [2.75, 3.05) is 18.1 Å². The van der Waals surface area contributed by atoms with E-state index < -0.39 is 5.60 Å². The van der Waals surface area contributed by atoms with E-state index in [0.29, 0.717) is 6.54 Å². The lowest BCUT2D eigenvalue weighted by Crippen LogP contribution is -2.44. The van der Waals surface area contributed by atoms with Crippen LogP contribution >= 0.6 is 11.8 Å². The van der Waals surface area contributed by atoms with Crippen LogP contribution in [0.25, 0.3) is 11.0 Å². The maximum Gasteiger partial charge on any atom is 0.134 e. The normalized spacial score (nSPS) is 19.5. The highest BCUT2D eigenvalue weighted by molar-refractivity contribution is 7.99. The number of hydrogen-bond donors (Lipinski definition) is 2. The molecule has 1 aromatic carbocycles. The predicted octanol–water partition coefficient (Wildman–Crippen LogP) is 3.96. The number of nitrogens with one attached hydrogen (secondary N) is 1. The quantitative estimate of drug-likeness (QED) is 0.895. The standard InChI is InChI=1S/C18H25NO2S/c1-12-8-15-10-16(21-17(15)9-13(12)2)14(3)19-11-18(20)4-6-22-7-5-18/h8-10,14,19-20H,4-7,11H2,1-3H3.